The molecule has 1 aromatic carbocycles. The number of carbonyl (C=O) groups is 1. The molecule has 0 saturated heterocycles. The Balaban J connectivity index is 1.54. The molecule has 2 aliphatic rings. The third-order valence-corrected chi connectivity index (χ3v) is 6.19. The summed E-state index contributed by atoms with van der Waals surface area (Å²) < 4.78 is 7.06. The molecule has 0 bridgehead atoms. The number of ketones is 1. The SMILES string of the molecule is COc1ccc([C@@H]2CC(=O)C3=C(C2)Nc2ncnn2[C@H]3c2cccs2)cc1. The largest absolute Gasteiger partial charge is 0.497 e. The van der Waals surface area contributed by atoms with E-state index in [9.17, 15) is 4.79 Å². The van der Waals surface area contributed by atoms with Crippen molar-refractivity contribution in [2.75, 3.05) is 12.4 Å². The van der Waals surface area contributed by atoms with Gasteiger partial charge in [0.05, 0.1) is 7.11 Å². The first-order chi connectivity index (χ1) is 13.2. The van der Waals surface area contributed by atoms with Gasteiger partial charge in [0, 0.05) is 22.6 Å². The van der Waals surface area contributed by atoms with E-state index in [1.807, 2.05) is 40.4 Å². The van der Waals surface area contributed by atoms with Gasteiger partial charge in [0.2, 0.25) is 5.95 Å². The Kier molecular flexibility index (Phi) is 3.82. The molecule has 27 heavy (non-hydrogen) atoms. The minimum absolute atomic E-state index is 0.146. The van der Waals surface area contributed by atoms with Crippen LogP contribution in [0, 0.1) is 0 Å². The molecule has 3 aromatic rings. The van der Waals surface area contributed by atoms with Gasteiger partial charge >= 0.3 is 0 Å². The van der Waals surface area contributed by atoms with Gasteiger partial charge in [0.25, 0.3) is 0 Å². The zero-order valence-electron chi connectivity index (χ0n) is 14.8. The van der Waals surface area contributed by atoms with Crippen LogP contribution in [-0.2, 0) is 4.79 Å². The number of carbonyl (C=O) groups excluding carboxylic acids is 1. The average Bonchev–Trinajstić information content (AvgIpc) is 3.38. The lowest BCUT2D eigenvalue weighted by molar-refractivity contribution is -0.116. The third-order valence-electron chi connectivity index (χ3n) is 5.26. The topological polar surface area (TPSA) is 69.0 Å². The second kappa shape index (κ2) is 6.35. The number of allylic oxidation sites excluding steroid dienone is 2. The summed E-state index contributed by atoms with van der Waals surface area (Å²) in [5.41, 5.74) is 2.93. The Hall–Kier alpha value is -2.93. The number of thiophene rings is 1. The number of fused-ring (bicyclic) bond motifs is 1. The van der Waals surface area contributed by atoms with Crippen molar-refractivity contribution in [3.8, 4) is 5.75 Å². The van der Waals surface area contributed by atoms with E-state index in [1.54, 1.807) is 18.4 Å². The molecule has 1 aliphatic heterocycles. The van der Waals surface area contributed by atoms with Gasteiger partial charge in [0.15, 0.2) is 5.78 Å². The molecule has 2 aromatic heterocycles. The first-order valence-electron chi connectivity index (χ1n) is 8.84. The smallest absolute Gasteiger partial charge is 0.226 e. The molecule has 0 radical (unpaired) electrons. The standard InChI is InChI=1S/C20H18N4O2S/c1-26-14-6-4-12(5-7-14)13-9-15-18(16(25)10-13)19(17-3-2-8-27-17)24-20(23-15)21-11-22-24/h2-8,11,13,19H,9-10H2,1H3,(H,21,22,23)/t13-,19-/m0/s1. The highest BCUT2D eigenvalue weighted by molar-refractivity contribution is 7.10. The zero-order valence-corrected chi connectivity index (χ0v) is 15.6. The van der Waals surface area contributed by atoms with Crippen LogP contribution in [0.3, 0.4) is 0 Å². The van der Waals surface area contributed by atoms with Crippen molar-refractivity contribution in [1.82, 2.24) is 14.8 Å². The molecule has 0 amide bonds. The van der Waals surface area contributed by atoms with Crippen molar-refractivity contribution >= 4 is 23.1 Å². The second-order valence-corrected chi connectivity index (χ2v) is 7.74. The van der Waals surface area contributed by atoms with Gasteiger partial charge in [-0.2, -0.15) is 10.1 Å². The highest BCUT2D eigenvalue weighted by Gasteiger charge is 2.39. The molecule has 0 saturated carbocycles. The summed E-state index contributed by atoms with van der Waals surface area (Å²) in [4.78, 5) is 18.6. The van der Waals surface area contributed by atoms with E-state index in [1.165, 1.54) is 6.33 Å². The van der Waals surface area contributed by atoms with Crippen LogP contribution in [0.1, 0.15) is 35.2 Å². The molecule has 0 unspecified atom stereocenters. The summed E-state index contributed by atoms with van der Waals surface area (Å²) in [6.07, 6.45) is 2.81. The molecule has 1 N–H and O–H groups in total. The Morgan fingerprint density at radius 3 is 2.81 bits per heavy atom. The number of aromatic nitrogens is 3. The quantitative estimate of drug-likeness (QED) is 0.751. The highest BCUT2D eigenvalue weighted by atomic mass is 32.1. The van der Waals surface area contributed by atoms with Crippen LogP contribution < -0.4 is 10.1 Å². The number of nitrogens with one attached hydrogen (secondary N) is 1. The van der Waals surface area contributed by atoms with Crippen molar-refractivity contribution in [3.63, 3.8) is 0 Å². The average molecular weight is 378 g/mol. The van der Waals surface area contributed by atoms with Gasteiger partial charge in [-0.3, -0.25) is 4.79 Å². The number of rotatable bonds is 3. The van der Waals surface area contributed by atoms with Gasteiger partial charge in [0.1, 0.15) is 18.1 Å². The fraction of sp³-hybridized carbons (Fsp3) is 0.250. The summed E-state index contributed by atoms with van der Waals surface area (Å²) in [6, 6.07) is 11.9. The highest BCUT2D eigenvalue weighted by Crippen LogP contribution is 2.44. The number of hydrogen-bond acceptors (Lipinski definition) is 6. The van der Waals surface area contributed by atoms with Gasteiger partial charge in [-0.1, -0.05) is 18.2 Å². The predicted octanol–water partition coefficient (Wildman–Crippen LogP) is 3.76. The summed E-state index contributed by atoms with van der Waals surface area (Å²) in [5, 5.41) is 9.75. The molecule has 1 aliphatic carbocycles. The van der Waals surface area contributed by atoms with E-state index < -0.39 is 0 Å². The van der Waals surface area contributed by atoms with E-state index in [4.69, 9.17) is 4.74 Å². The first-order valence-corrected chi connectivity index (χ1v) is 9.72. The van der Waals surface area contributed by atoms with Crippen LogP contribution in [0.2, 0.25) is 0 Å². The van der Waals surface area contributed by atoms with E-state index in [0.717, 1.165) is 33.9 Å². The van der Waals surface area contributed by atoms with Gasteiger partial charge in [-0.05, 0) is 41.5 Å². The van der Waals surface area contributed by atoms with Crippen molar-refractivity contribution in [3.05, 3.63) is 69.8 Å². The molecule has 3 heterocycles. The van der Waals surface area contributed by atoms with Gasteiger partial charge in [-0.25, -0.2) is 4.68 Å². The van der Waals surface area contributed by atoms with Gasteiger partial charge in [-0.15, -0.1) is 11.3 Å². The molecule has 6 nitrogen and oxygen atoms in total. The summed E-state index contributed by atoms with van der Waals surface area (Å²) in [5.74, 6) is 1.83. The lowest BCUT2D eigenvalue weighted by Crippen LogP contribution is -2.33. The van der Waals surface area contributed by atoms with E-state index in [-0.39, 0.29) is 17.7 Å². The fourth-order valence-corrected chi connectivity index (χ4v) is 4.79. The third kappa shape index (κ3) is 2.66. The summed E-state index contributed by atoms with van der Waals surface area (Å²) >= 11 is 1.64. The number of methoxy groups -OCH3 is 1. The van der Waals surface area contributed by atoms with E-state index in [2.05, 4.69) is 21.5 Å². The number of Topliss-reactive ketones (excluding diaryl/α,β-unsaturated/α-hetero) is 1. The fourth-order valence-electron chi connectivity index (χ4n) is 3.97. The number of hydrogen-bond donors (Lipinski definition) is 1. The number of anilines is 1. The van der Waals surface area contributed by atoms with Crippen molar-refractivity contribution in [1.29, 1.82) is 0 Å². The summed E-state index contributed by atoms with van der Waals surface area (Å²) in [6.45, 7) is 0. The van der Waals surface area contributed by atoms with Gasteiger partial charge < -0.3 is 10.1 Å². The predicted molar refractivity (Wildman–Crippen MR) is 103 cm³/mol. The zero-order chi connectivity index (χ0) is 18.4. The maximum absolute atomic E-state index is 13.2. The number of nitrogens with zero attached hydrogens (tertiary/aromatic N) is 3. The normalized spacial score (nSPS) is 21.4. The first kappa shape index (κ1) is 16.3. The van der Waals surface area contributed by atoms with Crippen LogP contribution in [0.5, 0.6) is 5.75 Å². The van der Waals surface area contributed by atoms with Crippen molar-refractivity contribution in [2.45, 2.75) is 24.8 Å². The lowest BCUT2D eigenvalue weighted by atomic mass is 9.79. The minimum atomic E-state index is -0.192. The molecule has 5 rings (SSSR count). The molecular weight excluding hydrogens is 360 g/mol. The molecule has 136 valence electrons. The lowest BCUT2D eigenvalue weighted by Gasteiger charge is -2.34. The minimum Gasteiger partial charge on any atom is -0.497 e. The molecule has 0 fully saturated rings. The van der Waals surface area contributed by atoms with Crippen LogP contribution in [0.4, 0.5) is 5.95 Å². The number of ether oxygens (including phenoxy) is 1. The van der Waals surface area contributed by atoms with E-state index >= 15 is 0 Å². The Morgan fingerprint density at radius 1 is 1.22 bits per heavy atom. The van der Waals surface area contributed by atoms with Crippen molar-refractivity contribution < 1.29 is 9.53 Å². The second-order valence-electron chi connectivity index (χ2n) is 6.76. The Morgan fingerprint density at radius 2 is 2.07 bits per heavy atom. The van der Waals surface area contributed by atoms with Crippen LogP contribution >= 0.6 is 11.3 Å². The van der Waals surface area contributed by atoms with Crippen LogP contribution in [-0.4, -0.2) is 27.7 Å². The Labute approximate surface area is 160 Å². The molecular formula is C20H18N4O2S. The number of benzene rings is 1. The van der Waals surface area contributed by atoms with Crippen molar-refractivity contribution in [2.24, 2.45) is 0 Å². The van der Waals surface area contributed by atoms with E-state index in [0.29, 0.717) is 12.4 Å². The maximum Gasteiger partial charge on any atom is 0.226 e. The van der Waals surface area contributed by atoms with Crippen LogP contribution in [0.25, 0.3) is 0 Å². The maximum atomic E-state index is 13.2. The Bertz CT molecular complexity index is 1020. The molecule has 7 heteroatoms. The molecule has 0 spiro atoms. The summed E-state index contributed by atoms with van der Waals surface area (Å²) in [7, 11) is 1.66. The monoisotopic (exact) mass is 378 g/mol. The van der Waals surface area contributed by atoms with Crippen LogP contribution in [0.15, 0.2) is 59.4 Å². The molecule has 2 atom stereocenters.